The standard InChI is InChI=1S/C24H42S/c1-8-11-13-23(6,10-3)22-19(5)16-21(25-22)24(7,14-12-9-2)17-20-15-18(20)4/h16,18,20H,8-15,17H2,1-7H3. The monoisotopic (exact) mass is 362 g/mol. The minimum atomic E-state index is 0.377. The lowest BCUT2D eigenvalue weighted by Crippen LogP contribution is -2.22. The molecule has 1 aromatic heterocycles. The normalized spacial score (nSPS) is 24.8. The summed E-state index contributed by atoms with van der Waals surface area (Å²) in [4.78, 5) is 3.37. The summed E-state index contributed by atoms with van der Waals surface area (Å²) < 4.78 is 0. The van der Waals surface area contributed by atoms with Crippen LogP contribution >= 0.6 is 11.3 Å². The fraction of sp³-hybridized carbons (Fsp3) is 0.833. The third kappa shape index (κ3) is 4.90. The summed E-state index contributed by atoms with van der Waals surface area (Å²) in [5.74, 6) is 1.94. The highest BCUT2D eigenvalue weighted by atomic mass is 32.1. The molecule has 0 amide bonds. The molecule has 1 saturated carbocycles. The molecule has 1 heteroatoms. The molecule has 0 nitrogen and oxygen atoms in total. The zero-order valence-corrected chi connectivity index (χ0v) is 18.8. The van der Waals surface area contributed by atoms with Crippen LogP contribution in [0.25, 0.3) is 0 Å². The lowest BCUT2D eigenvalue weighted by molar-refractivity contribution is 0.366. The van der Waals surface area contributed by atoms with Crippen molar-refractivity contribution in [3.63, 3.8) is 0 Å². The summed E-state index contributed by atoms with van der Waals surface area (Å²) in [6.07, 6.45) is 12.2. The van der Waals surface area contributed by atoms with E-state index < -0.39 is 0 Å². The van der Waals surface area contributed by atoms with E-state index in [1.54, 1.807) is 15.3 Å². The number of rotatable bonds is 11. The molecule has 144 valence electrons. The number of thiophene rings is 1. The molecule has 0 aliphatic heterocycles. The first kappa shape index (κ1) is 21.0. The number of hydrogen-bond acceptors (Lipinski definition) is 1. The maximum Gasteiger partial charge on any atom is 0.0136 e. The van der Waals surface area contributed by atoms with Gasteiger partial charge in [0.2, 0.25) is 0 Å². The van der Waals surface area contributed by atoms with Crippen LogP contribution < -0.4 is 0 Å². The van der Waals surface area contributed by atoms with Gasteiger partial charge < -0.3 is 0 Å². The van der Waals surface area contributed by atoms with Crippen LogP contribution in [0.5, 0.6) is 0 Å². The van der Waals surface area contributed by atoms with E-state index >= 15 is 0 Å². The fourth-order valence-electron chi connectivity index (χ4n) is 4.55. The maximum absolute atomic E-state index is 2.57. The minimum absolute atomic E-state index is 0.377. The van der Waals surface area contributed by atoms with E-state index in [0.29, 0.717) is 10.8 Å². The second-order valence-electron chi connectivity index (χ2n) is 9.48. The molecule has 1 aliphatic rings. The molecule has 25 heavy (non-hydrogen) atoms. The van der Waals surface area contributed by atoms with Crippen LogP contribution in [0, 0.1) is 18.8 Å². The van der Waals surface area contributed by atoms with Gasteiger partial charge in [0.1, 0.15) is 0 Å². The van der Waals surface area contributed by atoms with E-state index in [1.165, 1.54) is 57.8 Å². The van der Waals surface area contributed by atoms with Gasteiger partial charge in [-0.25, -0.2) is 0 Å². The second kappa shape index (κ2) is 8.59. The highest BCUT2D eigenvalue weighted by molar-refractivity contribution is 7.12. The lowest BCUT2D eigenvalue weighted by atomic mass is 9.77. The van der Waals surface area contributed by atoms with Crippen molar-refractivity contribution < 1.29 is 0 Å². The Hall–Kier alpha value is -0.300. The Morgan fingerprint density at radius 2 is 1.60 bits per heavy atom. The van der Waals surface area contributed by atoms with Gasteiger partial charge in [0, 0.05) is 20.6 Å². The fourth-order valence-corrected chi connectivity index (χ4v) is 6.15. The number of hydrogen-bond donors (Lipinski definition) is 0. The smallest absolute Gasteiger partial charge is 0.0136 e. The van der Waals surface area contributed by atoms with Crippen molar-refractivity contribution in [3.05, 3.63) is 21.4 Å². The first-order valence-corrected chi connectivity index (χ1v) is 11.7. The van der Waals surface area contributed by atoms with Gasteiger partial charge in [-0.05, 0) is 62.5 Å². The molecule has 0 saturated heterocycles. The van der Waals surface area contributed by atoms with Gasteiger partial charge in [0.25, 0.3) is 0 Å². The molecule has 4 unspecified atom stereocenters. The first-order valence-electron chi connectivity index (χ1n) is 10.9. The van der Waals surface area contributed by atoms with Gasteiger partial charge in [0.15, 0.2) is 0 Å². The molecule has 0 spiro atoms. The van der Waals surface area contributed by atoms with E-state index in [0.717, 1.165) is 11.8 Å². The van der Waals surface area contributed by atoms with Crippen molar-refractivity contribution in [1.82, 2.24) is 0 Å². The van der Waals surface area contributed by atoms with Crippen LogP contribution in [0.15, 0.2) is 6.07 Å². The third-order valence-electron chi connectivity index (χ3n) is 6.99. The van der Waals surface area contributed by atoms with Gasteiger partial charge >= 0.3 is 0 Å². The Morgan fingerprint density at radius 3 is 2.08 bits per heavy atom. The molecule has 1 heterocycles. The summed E-state index contributed by atoms with van der Waals surface area (Å²) in [6, 6.07) is 2.57. The van der Waals surface area contributed by atoms with E-state index in [9.17, 15) is 0 Å². The summed E-state index contributed by atoms with van der Waals surface area (Å²) in [7, 11) is 0. The number of unbranched alkanes of at least 4 members (excludes halogenated alkanes) is 2. The van der Waals surface area contributed by atoms with Crippen LogP contribution in [-0.4, -0.2) is 0 Å². The quantitative estimate of drug-likeness (QED) is 0.370. The topological polar surface area (TPSA) is 0 Å². The largest absolute Gasteiger partial charge is 0.144 e. The van der Waals surface area contributed by atoms with Crippen molar-refractivity contribution in [2.75, 3.05) is 0 Å². The van der Waals surface area contributed by atoms with Gasteiger partial charge in [-0.1, -0.05) is 67.2 Å². The highest BCUT2D eigenvalue weighted by Gasteiger charge is 2.41. The van der Waals surface area contributed by atoms with Crippen LogP contribution in [0.1, 0.15) is 115 Å². The highest BCUT2D eigenvalue weighted by Crippen LogP contribution is 2.51. The average Bonchev–Trinajstić information content (AvgIpc) is 3.11. The minimum Gasteiger partial charge on any atom is -0.144 e. The summed E-state index contributed by atoms with van der Waals surface area (Å²) in [5.41, 5.74) is 2.34. The molecule has 1 fully saturated rings. The van der Waals surface area contributed by atoms with Crippen molar-refractivity contribution in [3.8, 4) is 0 Å². The lowest BCUT2D eigenvalue weighted by Gasteiger charge is -2.30. The molecule has 0 aromatic carbocycles. The predicted molar refractivity (Wildman–Crippen MR) is 115 cm³/mol. The molecule has 1 aromatic rings. The first-order chi connectivity index (χ1) is 11.8. The number of aryl methyl sites for hydroxylation is 1. The van der Waals surface area contributed by atoms with Crippen molar-refractivity contribution in [2.24, 2.45) is 11.8 Å². The maximum atomic E-state index is 2.57. The second-order valence-corrected chi connectivity index (χ2v) is 10.5. The predicted octanol–water partition coefficient (Wildman–Crippen LogP) is 8.41. The van der Waals surface area contributed by atoms with Crippen LogP contribution in [-0.2, 0) is 10.8 Å². The molecular weight excluding hydrogens is 320 g/mol. The van der Waals surface area contributed by atoms with Crippen molar-refractivity contribution in [1.29, 1.82) is 0 Å². The van der Waals surface area contributed by atoms with Crippen molar-refractivity contribution >= 4 is 11.3 Å². The molecular formula is C24H42S. The summed E-state index contributed by atoms with van der Waals surface area (Å²) in [6.45, 7) is 16.9. The van der Waals surface area contributed by atoms with E-state index in [-0.39, 0.29) is 0 Å². The van der Waals surface area contributed by atoms with Gasteiger partial charge in [0.05, 0.1) is 0 Å². The Balaban J connectivity index is 2.29. The molecule has 0 N–H and O–H groups in total. The SMILES string of the molecule is CCCCC(C)(CC1CC1C)c1cc(C)c(C(C)(CC)CCCC)s1. The van der Waals surface area contributed by atoms with Crippen LogP contribution in [0.4, 0.5) is 0 Å². The molecule has 2 rings (SSSR count). The van der Waals surface area contributed by atoms with E-state index in [2.05, 4.69) is 65.9 Å². The Labute approximate surface area is 161 Å². The summed E-state index contributed by atoms with van der Waals surface area (Å²) in [5, 5.41) is 0. The molecule has 1 aliphatic carbocycles. The van der Waals surface area contributed by atoms with Crippen molar-refractivity contribution in [2.45, 2.75) is 117 Å². The molecule has 0 bridgehead atoms. The zero-order chi connectivity index (χ0) is 18.7. The Kier molecular flexibility index (Phi) is 7.22. The van der Waals surface area contributed by atoms with E-state index in [4.69, 9.17) is 0 Å². The van der Waals surface area contributed by atoms with Gasteiger partial charge in [-0.3, -0.25) is 0 Å². The summed E-state index contributed by atoms with van der Waals surface area (Å²) >= 11 is 2.17. The van der Waals surface area contributed by atoms with Gasteiger partial charge in [-0.15, -0.1) is 11.3 Å². The molecule has 0 radical (unpaired) electrons. The molecule has 4 atom stereocenters. The third-order valence-corrected chi connectivity index (χ3v) is 8.84. The van der Waals surface area contributed by atoms with Crippen LogP contribution in [0.2, 0.25) is 0 Å². The van der Waals surface area contributed by atoms with E-state index in [1.807, 2.05) is 0 Å². The Morgan fingerprint density at radius 1 is 1.04 bits per heavy atom. The average molecular weight is 363 g/mol. The van der Waals surface area contributed by atoms with Crippen LogP contribution in [0.3, 0.4) is 0 Å². The zero-order valence-electron chi connectivity index (χ0n) is 18.0. The Bertz CT molecular complexity index is 542. The van der Waals surface area contributed by atoms with Gasteiger partial charge in [-0.2, -0.15) is 0 Å².